The van der Waals surface area contributed by atoms with Crippen LogP contribution >= 0.6 is 11.9 Å². The molecule has 5 rings (SSSR count). The quantitative estimate of drug-likeness (QED) is 0.238. The molecular formula is C27H33FN4S. The maximum absolute atomic E-state index is 14.4. The molecule has 2 fully saturated rings. The molecule has 2 N–H and O–H groups in total. The van der Waals surface area contributed by atoms with E-state index < -0.39 is 0 Å². The number of nitrogens with one attached hydrogen (secondary N) is 2. The van der Waals surface area contributed by atoms with E-state index >= 15 is 0 Å². The van der Waals surface area contributed by atoms with Gasteiger partial charge in [-0.1, -0.05) is 37.3 Å². The Morgan fingerprint density at radius 2 is 1.91 bits per heavy atom. The van der Waals surface area contributed by atoms with Gasteiger partial charge >= 0.3 is 0 Å². The van der Waals surface area contributed by atoms with Crippen LogP contribution in [0.3, 0.4) is 0 Å². The lowest BCUT2D eigenvalue weighted by Gasteiger charge is -2.45. The monoisotopic (exact) mass is 464 g/mol. The van der Waals surface area contributed by atoms with E-state index in [4.69, 9.17) is 0 Å². The van der Waals surface area contributed by atoms with Gasteiger partial charge in [-0.05, 0) is 80.3 Å². The number of hydrogen-bond donors (Lipinski definition) is 2. The van der Waals surface area contributed by atoms with Crippen LogP contribution in [0.2, 0.25) is 0 Å². The molecule has 1 saturated heterocycles. The second-order valence-corrected chi connectivity index (χ2v) is 10.9. The van der Waals surface area contributed by atoms with E-state index in [2.05, 4.69) is 63.9 Å². The summed E-state index contributed by atoms with van der Waals surface area (Å²) in [5.41, 5.74) is 3.63. The zero-order valence-corrected chi connectivity index (χ0v) is 20.3. The fraction of sp³-hybridized carbons (Fsp3) is 0.444. The van der Waals surface area contributed by atoms with E-state index in [1.165, 1.54) is 12.1 Å². The Labute approximate surface area is 200 Å². The number of piperazine rings is 1. The maximum Gasteiger partial charge on any atom is 0.131 e. The number of aryl methyl sites for hydroxylation is 1. The highest BCUT2D eigenvalue weighted by Gasteiger charge is 2.52. The number of para-hydroxylation sites is 1. The number of halogens is 1. The van der Waals surface area contributed by atoms with E-state index in [1.54, 1.807) is 24.1 Å². The van der Waals surface area contributed by atoms with Gasteiger partial charge in [0.25, 0.3) is 0 Å². The minimum absolute atomic E-state index is 0.0126. The van der Waals surface area contributed by atoms with Crippen molar-refractivity contribution in [3.63, 3.8) is 0 Å². The van der Waals surface area contributed by atoms with Crippen LogP contribution in [0.25, 0.3) is 0 Å². The Morgan fingerprint density at radius 1 is 1.12 bits per heavy atom. The van der Waals surface area contributed by atoms with Gasteiger partial charge in [0.15, 0.2) is 0 Å². The summed E-state index contributed by atoms with van der Waals surface area (Å²) in [4.78, 5) is 4.73. The Balaban J connectivity index is 1.36. The molecule has 6 heteroatoms. The zero-order valence-electron chi connectivity index (χ0n) is 19.5. The normalized spacial score (nSPS) is 23.6. The molecule has 2 unspecified atom stereocenters. The van der Waals surface area contributed by atoms with Gasteiger partial charge in [-0.25, -0.2) is 4.39 Å². The van der Waals surface area contributed by atoms with Crippen LogP contribution in [0.15, 0.2) is 54.6 Å². The third-order valence-corrected chi connectivity index (χ3v) is 8.32. The van der Waals surface area contributed by atoms with Gasteiger partial charge in [0, 0.05) is 36.1 Å². The van der Waals surface area contributed by atoms with Crippen molar-refractivity contribution in [3.8, 4) is 0 Å². The van der Waals surface area contributed by atoms with Gasteiger partial charge in [-0.15, -0.1) is 0 Å². The predicted octanol–water partition coefficient (Wildman–Crippen LogP) is 6.23. The molecule has 2 atom stereocenters. The first-order valence-electron chi connectivity index (χ1n) is 12.0. The summed E-state index contributed by atoms with van der Waals surface area (Å²) >= 11 is 1.63. The summed E-state index contributed by atoms with van der Waals surface area (Å²) in [6.45, 7) is 6.79. The summed E-state index contributed by atoms with van der Waals surface area (Å²) in [6.07, 6.45) is 9.01. The number of nitrogens with zero attached hydrogens (tertiary/aromatic N) is 2. The molecular weight excluding hydrogens is 431 g/mol. The van der Waals surface area contributed by atoms with Crippen molar-refractivity contribution < 1.29 is 4.39 Å². The minimum Gasteiger partial charge on any atom is -0.367 e. The molecule has 1 saturated carbocycles. The molecule has 2 aromatic carbocycles. The second kappa shape index (κ2) is 9.05. The molecule has 174 valence electrons. The first-order valence-corrected chi connectivity index (χ1v) is 12.9. The minimum atomic E-state index is -0.255. The molecule has 1 aliphatic heterocycles. The number of hydrogen-bond acceptors (Lipinski definition) is 4. The Morgan fingerprint density at radius 3 is 2.61 bits per heavy atom. The van der Waals surface area contributed by atoms with E-state index in [1.807, 2.05) is 6.92 Å². The Hall–Kier alpha value is -2.47. The summed E-state index contributed by atoms with van der Waals surface area (Å²) in [5, 5.41) is 9.58. The lowest BCUT2D eigenvalue weighted by Crippen LogP contribution is -2.57. The van der Waals surface area contributed by atoms with Gasteiger partial charge in [-0.3, -0.25) is 5.41 Å². The predicted molar refractivity (Wildman–Crippen MR) is 138 cm³/mol. The largest absolute Gasteiger partial charge is 0.367 e. The Kier molecular flexibility index (Phi) is 6.12. The van der Waals surface area contributed by atoms with E-state index in [-0.39, 0.29) is 11.4 Å². The molecule has 1 spiro atoms. The van der Waals surface area contributed by atoms with Crippen molar-refractivity contribution in [1.29, 1.82) is 5.41 Å². The Bertz CT molecular complexity index is 1050. The van der Waals surface area contributed by atoms with Gasteiger partial charge in [0.1, 0.15) is 11.7 Å². The average molecular weight is 465 g/mol. The van der Waals surface area contributed by atoms with Crippen LogP contribution in [0, 0.1) is 24.1 Å². The molecule has 0 bridgehead atoms. The number of anilines is 2. The number of rotatable bonds is 5. The second-order valence-electron chi connectivity index (χ2n) is 9.82. The van der Waals surface area contributed by atoms with Crippen molar-refractivity contribution in [1.82, 2.24) is 4.90 Å². The molecule has 4 nitrogen and oxygen atoms in total. The third-order valence-electron chi connectivity index (χ3n) is 7.29. The lowest BCUT2D eigenvalue weighted by molar-refractivity contribution is 0.259. The van der Waals surface area contributed by atoms with E-state index in [0.29, 0.717) is 17.0 Å². The summed E-state index contributed by atoms with van der Waals surface area (Å²) in [7, 11) is 0. The highest BCUT2D eigenvalue weighted by Crippen LogP contribution is 2.46. The molecule has 3 aliphatic rings. The van der Waals surface area contributed by atoms with Crippen molar-refractivity contribution in [2.45, 2.75) is 50.3 Å². The summed E-state index contributed by atoms with van der Waals surface area (Å²) < 4.78 is 17.8. The highest BCUT2D eigenvalue weighted by molar-refractivity contribution is 8.01. The fourth-order valence-corrected chi connectivity index (χ4v) is 6.06. The first kappa shape index (κ1) is 22.3. The van der Waals surface area contributed by atoms with E-state index in [9.17, 15) is 9.80 Å². The number of amidine groups is 1. The van der Waals surface area contributed by atoms with Crippen LogP contribution in [0.4, 0.5) is 15.8 Å². The SMILES string of the molecule is Cc1cc(F)cc(NSC2C=CC(C)CC2)c1C(=N)N1CCN(c2ccccc2)CC12CC2. The number of allylic oxidation sites excluding steroid dienone is 1. The van der Waals surface area contributed by atoms with Crippen LogP contribution < -0.4 is 9.62 Å². The van der Waals surface area contributed by atoms with Crippen LogP contribution in [-0.2, 0) is 0 Å². The average Bonchev–Trinajstić information content (AvgIpc) is 3.57. The highest BCUT2D eigenvalue weighted by atomic mass is 32.2. The van der Waals surface area contributed by atoms with Gasteiger partial charge in [0.05, 0.1) is 11.2 Å². The van der Waals surface area contributed by atoms with Crippen molar-refractivity contribution in [2.75, 3.05) is 29.3 Å². The van der Waals surface area contributed by atoms with Crippen LogP contribution in [-0.4, -0.2) is 41.2 Å². The van der Waals surface area contributed by atoms with Gasteiger partial charge in [0.2, 0.25) is 0 Å². The topological polar surface area (TPSA) is 42.4 Å². The standard InChI is InChI=1S/C27H33FN4S/c1-19-8-10-23(11-9-19)33-30-24-17-21(28)16-20(2)25(24)26(29)32-15-14-31(18-27(32)12-13-27)22-6-4-3-5-7-22/h3-8,10,16-17,19,23,29-30H,9,11-15,18H2,1-2H3. The molecule has 33 heavy (non-hydrogen) atoms. The van der Waals surface area contributed by atoms with Gasteiger partial charge < -0.3 is 14.5 Å². The first-order chi connectivity index (χ1) is 15.9. The third kappa shape index (κ3) is 4.63. The van der Waals surface area contributed by atoms with Crippen LogP contribution in [0.1, 0.15) is 43.7 Å². The molecule has 0 radical (unpaired) electrons. The molecule has 2 aromatic rings. The van der Waals surface area contributed by atoms with Crippen LogP contribution in [0.5, 0.6) is 0 Å². The maximum atomic E-state index is 14.4. The zero-order chi connectivity index (χ0) is 23.0. The number of benzene rings is 2. The van der Waals surface area contributed by atoms with Gasteiger partial charge in [-0.2, -0.15) is 0 Å². The molecule has 1 heterocycles. The van der Waals surface area contributed by atoms with Crippen molar-refractivity contribution >= 4 is 29.2 Å². The molecule has 0 aromatic heterocycles. The van der Waals surface area contributed by atoms with E-state index in [0.717, 1.165) is 55.7 Å². The molecule has 0 amide bonds. The smallest absolute Gasteiger partial charge is 0.131 e. The molecule has 2 aliphatic carbocycles. The van der Waals surface area contributed by atoms with Crippen molar-refractivity contribution in [2.24, 2.45) is 5.92 Å². The summed E-state index contributed by atoms with van der Waals surface area (Å²) in [5.74, 6) is 0.898. The summed E-state index contributed by atoms with van der Waals surface area (Å²) in [6, 6.07) is 13.7. The lowest BCUT2D eigenvalue weighted by atomic mass is 9.98. The fourth-order valence-electron chi connectivity index (χ4n) is 5.20. The van der Waals surface area contributed by atoms with Crippen molar-refractivity contribution in [3.05, 3.63) is 71.6 Å².